The summed E-state index contributed by atoms with van der Waals surface area (Å²) in [6.07, 6.45) is 1.31. The van der Waals surface area contributed by atoms with Crippen LogP contribution in [-0.2, 0) is 22.7 Å². The molecule has 9 heteroatoms. The van der Waals surface area contributed by atoms with E-state index in [1.807, 2.05) is 6.07 Å². The maximum Gasteiger partial charge on any atom is 0.255 e. The molecule has 0 spiro atoms. The fourth-order valence-electron chi connectivity index (χ4n) is 5.40. The van der Waals surface area contributed by atoms with E-state index >= 15 is 8.78 Å². The highest BCUT2D eigenvalue weighted by Gasteiger charge is 2.42. The lowest BCUT2D eigenvalue weighted by Gasteiger charge is -2.32. The van der Waals surface area contributed by atoms with E-state index in [0.29, 0.717) is 38.0 Å². The summed E-state index contributed by atoms with van der Waals surface area (Å²) in [6.45, 7) is 3.36. The SMILES string of the molecule is Cc1ccc(CN2CCC(c3c(F)cc4c(c3F)CN(C3CCC(=O)NC3=O)C4=O)CC2)cc1F. The van der Waals surface area contributed by atoms with Crippen LogP contribution in [0, 0.1) is 24.4 Å². The number of imide groups is 1. The Morgan fingerprint density at radius 1 is 1.00 bits per heavy atom. The summed E-state index contributed by atoms with van der Waals surface area (Å²) in [5.41, 5.74) is 1.47. The van der Waals surface area contributed by atoms with Crippen LogP contribution in [-0.4, -0.2) is 46.7 Å². The smallest absolute Gasteiger partial charge is 0.255 e. The van der Waals surface area contributed by atoms with E-state index in [2.05, 4.69) is 10.2 Å². The second-order valence-corrected chi connectivity index (χ2v) is 9.65. The summed E-state index contributed by atoms with van der Waals surface area (Å²) in [5.74, 6) is -3.66. The van der Waals surface area contributed by atoms with Crippen molar-refractivity contribution in [3.8, 4) is 0 Å². The highest BCUT2D eigenvalue weighted by Crippen LogP contribution is 2.38. The molecule has 1 atom stereocenters. The third kappa shape index (κ3) is 4.33. The number of carbonyl (C=O) groups excluding carboxylic acids is 3. The Kier molecular flexibility index (Phi) is 6.13. The van der Waals surface area contributed by atoms with Gasteiger partial charge in [0.2, 0.25) is 11.8 Å². The molecule has 184 valence electrons. The van der Waals surface area contributed by atoms with Gasteiger partial charge in [-0.2, -0.15) is 0 Å². The number of fused-ring (bicyclic) bond motifs is 1. The third-order valence-corrected chi connectivity index (χ3v) is 7.40. The molecule has 3 aliphatic heterocycles. The number of nitrogens with zero attached hydrogens (tertiary/aromatic N) is 2. The van der Waals surface area contributed by atoms with Crippen LogP contribution in [0.15, 0.2) is 24.3 Å². The van der Waals surface area contributed by atoms with Crippen molar-refractivity contribution in [3.63, 3.8) is 0 Å². The Bertz CT molecular complexity index is 1220. The first-order valence-electron chi connectivity index (χ1n) is 11.9. The lowest BCUT2D eigenvalue weighted by molar-refractivity contribution is -0.136. The maximum absolute atomic E-state index is 15.6. The van der Waals surface area contributed by atoms with Gasteiger partial charge in [0.25, 0.3) is 5.91 Å². The molecular weight excluding hydrogens is 459 g/mol. The first-order chi connectivity index (χ1) is 16.7. The molecule has 2 aromatic carbocycles. The van der Waals surface area contributed by atoms with Crippen molar-refractivity contribution in [2.75, 3.05) is 13.1 Å². The average Bonchev–Trinajstić information content (AvgIpc) is 3.14. The number of rotatable bonds is 4. The minimum Gasteiger partial charge on any atom is -0.322 e. The molecule has 0 aromatic heterocycles. The van der Waals surface area contributed by atoms with E-state index in [1.54, 1.807) is 13.0 Å². The van der Waals surface area contributed by atoms with Gasteiger partial charge >= 0.3 is 0 Å². The lowest BCUT2D eigenvalue weighted by atomic mass is 9.86. The Labute approximate surface area is 201 Å². The summed E-state index contributed by atoms with van der Waals surface area (Å²) in [6, 6.07) is 5.35. The molecule has 35 heavy (non-hydrogen) atoms. The molecule has 3 amide bonds. The van der Waals surface area contributed by atoms with E-state index in [4.69, 9.17) is 0 Å². The standard InChI is InChI=1S/C26H26F3N3O3/c1-14-2-3-15(10-19(14)27)12-31-8-6-16(7-9-31)23-20(28)11-17-18(24(23)29)13-32(26(17)35)21-4-5-22(33)30-25(21)34/h2-3,10-11,16,21H,4-9,12-13H2,1H3,(H,30,33,34). The van der Waals surface area contributed by atoms with Crippen LogP contribution in [0.1, 0.15) is 64.2 Å². The van der Waals surface area contributed by atoms with Gasteiger partial charge in [0, 0.05) is 24.1 Å². The topological polar surface area (TPSA) is 69.7 Å². The Morgan fingerprint density at radius 2 is 1.74 bits per heavy atom. The van der Waals surface area contributed by atoms with Gasteiger partial charge in [-0.15, -0.1) is 0 Å². The quantitative estimate of drug-likeness (QED) is 0.673. The number of aryl methyl sites for hydroxylation is 1. The van der Waals surface area contributed by atoms with Gasteiger partial charge in [0.1, 0.15) is 23.5 Å². The highest BCUT2D eigenvalue weighted by atomic mass is 19.1. The predicted molar refractivity (Wildman–Crippen MR) is 121 cm³/mol. The van der Waals surface area contributed by atoms with Gasteiger partial charge < -0.3 is 4.90 Å². The molecule has 0 bridgehead atoms. The Balaban J connectivity index is 1.30. The number of benzene rings is 2. The first-order valence-corrected chi connectivity index (χ1v) is 11.9. The Hall–Kier alpha value is -3.20. The number of likely N-dealkylation sites (tertiary alicyclic amines) is 1. The summed E-state index contributed by atoms with van der Waals surface area (Å²) in [4.78, 5) is 39.9. The average molecular weight is 486 g/mol. The number of amides is 3. The number of carbonyl (C=O) groups is 3. The van der Waals surface area contributed by atoms with Gasteiger partial charge in [-0.3, -0.25) is 24.6 Å². The van der Waals surface area contributed by atoms with Gasteiger partial charge in [-0.05, 0) is 68.5 Å². The van der Waals surface area contributed by atoms with Gasteiger partial charge in [-0.1, -0.05) is 12.1 Å². The summed E-state index contributed by atoms with van der Waals surface area (Å²) in [7, 11) is 0. The molecule has 1 unspecified atom stereocenters. The van der Waals surface area contributed by atoms with E-state index in [0.717, 1.165) is 11.6 Å². The zero-order valence-electron chi connectivity index (χ0n) is 19.4. The van der Waals surface area contributed by atoms with Crippen molar-refractivity contribution in [3.05, 3.63) is 69.5 Å². The molecule has 0 radical (unpaired) electrons. The van der Waals surface area contributed by atoms with E-state index in [-0.39, 0.29) is 47.8 Å². The molecule has 2 aromatic rings. The summed E-state index contributed by atoms with van der Waals surface area (Å²) in [5, 5.41) is 2.20. The highest BCUT2D eigenvalue weighted by molar-refractivity contribution is 6.05. The molecule has 3 aliphatic rings. The van der Waals surface area contributed by atoms with Crippen LogP contribution in [0.5, 0.6) is 0 Å². The largest absolute Gasteiger partial charge is 0.322 e. The summed E-state index contributed by atoms with van der Waals surface area (Å²) < 4.78 is 44.5. The predicted octanol–water partition coefficient (Wildman–Crippen LogP) is 3.55. The number of hydrogen-bond donors (Lipinski definition) is 1. The van der Waals surface area contributed by atoms with E-state index < -0.39 is 35.4 Å². The van der Waals surface area contributed by atoms with Crippen molar-refractivity contribution >= 4 is 17.7 Å². The third-order valence-electron chi connectivity index (χ3n) is 7.40. The molecule has 2 saturated heterocycles. The Morgan fingerprint density at radius 3 is 2.43 bits per heavy atom. The summed E-state index contributed by atoms with van der Waals surface area (Å²) >= 11 is 0. The van der Waals surface area contributed by atoms with Gasteiger partial charge in [0.05, 0.1) is 12.1 Å². The molecular formula is C26H26F3N3O3. The molecule has 2 fully saturated rings. The van der Waals surface area contributed by atoms with Crippen molar-refractivity contribution in [2.45, 2.75) is 57.7 Å². The zero-order chi connectivity index (χ0) is 24.9. The molecule has 3 heterocycles. The number of hydrogen-bond acceptors (Lipinski definition) is 4. The van der Waals surface area contributed by atoms with Crippen LogP contribution >= 0.6 is 0 Å². The zero-order valence-corrected chi connectivity index (χ0v) is 19.4. The molecule has 5 rings (SSSR count). The van der Waals surface area contributed by atoms with Crippen LogP contribution in [0.2, 0.25) is 0 Å². The number of piperidine rings is 2. The van der Waals surface area contributed by atoms with Crippen molar-refractivity contribution < 1.29 is 27.6 Å². The molecule has 0 saturated carbocycles. The van der Waals surface area contributed by atoms with Crippen molar-refractivity contribution in [2.24, 2.45) is 0 Å². The number of halogens is 3. The fraction of sp³-hybridized carbons (Fsp3) is 0.423. The second kappa shape index (κ2) is 9.11. The van der Waals surface area contributed by atoms with Crippen LogP contribution < -0.4 is 5.32 Å². The lowest BCUT2D eigenvalue weighted by Crippen LogP contribution is -2.52. The fourth-order valence-corrected chi connectivity index (χ4v) is 5.40. The van der Waals surface area contributed by atoms with Gasteiger partial charge in [-0.25, -0.2) is 13.2 Å². The van der Waals surface area contributed by atoms with E-state index in [1.165, 1.54) is 11.0 Å². The normalized spacial score (nSPS) is 21.4. The first kappa shape index (κ1) is 23.5. The minimum atomic E-state index is -0.881. The molecule has 0 aliphatic carbocycles. The van der Waals surface area contributed by atoms with E-state index in [9.17, 15) is 18.8 Å². The minimum absolute atomic E-state index is 0.0114. The van der Waals surface area contributed by atoms with Crippen LogP contribution in [0.3, 0.4) is 0 Å². The second-order valence-electron chi connectivity index (χ2n) is 9.65. The van der Waals surface area contributed by atoms with Crippen LogP contribution in [0.4, 0.5) is 13.2 Å². The van der Waals surface area contributed by atoms with Crippen LogP contribution in [0.25, 0.3) is 0 Å². The monoisotopic (exact) mass is 485 g/mol. The van der Waals surface area contributed by atoms with Gasteiger partial charge in [0.15, 0.2) is 0 Å². The van der Waals surface area contributed by atoms with Crippen molar-refractivity contribution in [1.29, 1.82) is 0 Å². The molecule has 6 nitrogen and oxygen atoms in total. The van der Waals surface area contributed by atoms with Crippen molar-refractivity contribution in [1.82, 2.24) is 15.1 Å². The molecule has 1 N–H and O–H groups in total. The number of nitrogens with one attached hydrogen (secondary N) is 1. The maximum atomic E-state index is 15.6.